The normalized spacial score (nSPS) is 17.0. The van der Waals surface area contributed by atoms with Crippen molar-refractivity contribution in [1.82, 2.24) is 5.32 Å². The fraction of sp³-hybridized carbons (Fsp3) is 0.533. The third-order valence-corrected chi connectivity index (χ3v) is 3.63. The number of halogens is 2. The topological polar surface area (TPSA) is 47.6 Å². The Morgan fingerprint density at radius 1 is 1.29 bits per heavy atom. The van der Waals surface area contributed by atoms with Gasteiger partial charge in [0, 0.05) is 24.9 Å². The van der Waals surface area contributed by atoms with E-state index < -0.39 is 5.92 Å². The van der Waals surface area contributed by atoms with Crippen molar-refractivity contribution >= 4 is 5.91 Å². The maximum absolute atomic E-state index is 12.7. The number of ether oxygens (including phenoxy) is 2. The molecule has 0 bridgehead atoms. The first-order valence-electron chi connectivity index (χ1n) is 6.79. The van der Waals surface area contributed by atoms with Gasteiger partial charge in [-0.1, -0.05) is 6.07 Å². The molecular formula is C15H19F2NO3. The van der Waals surface area contributed by atoms with Crippen LogP contribution in [0.3, 0.4) is 0 Å². The van der Waals surface area contributed by atoms with Crippen molar-refractivity contribution in [1.29, 1.82) is 0 Å². The minimum Gasteiger partial charge on any atom is -0.496 e. The number of amides is 1. The number of hydrogen-bond acceptors (Lipinski definition) is 3. The predicted octanol–water partition coefficient (Wildman–Crippen LogP) is 2.41. The van der Waals surface area contributed by atoms with Gasteiger partial charge in [-0.15, -0.1) is 0 Å². The molecule has 0 heterocycles. The van der Waals surface area contributed by atoms with Crippen LogP contribution < -0.4 is 14.8 Å². The number of carbonyl (C=O) groups excluding carboxylic acids is 1. The SMILES string of the molecule is COc1cccc(OC)c1CC(=O)NCC1CC(F)(F)C1. The van der Waals surface area contributed by atoms with Gasteiger partial charge in [0.15, 0.2) is 0 Å². The molecule has 0 atom stereocenters. The molecule has 21 heavy (non-hydrogen) atoms. The van der Waals surface area contributed by atoms with Crippen LogP contribution in [0.25, 0.3) is 0 Å². The number of benzene rings is 1. The van der Waals surface area contributed by atoms with E-state index in [0.717, 1.165) is 0 Å². The zero-order chi connectivity index (χ0) is 15.5. The molecule has 2 rings (SSSR count). The Morgan fingerprint density at radius 3 is 2.33 bits per heavy atom. The summed E-state index contributed by atoms with van der Waals surface area (Å²) >= 11 is 0. The van der Waals surface area contributed by atoms with Crippen molar-refractivity contribution in [3.8, 4) is 11.5 Å². The van der Waals surface area contributed by atoms with Gasteiger partial charge in [0.05, 0.1) is 20.6 Å². The molecule has 0 aliphatic heterocycles. The second-order valence-electron chi connectivity index (χ2n) is 5.25. The minimum absolute atomic E-state index is 0.0936. The molecule has 1 fully saturated rings. The fourth-order valence-corrected chi connectivity index (χ4v) is 2.51. The number of alkyl halides is 2. The highest BCUT2D eigenvalue weighted by atomic mass is 19.3. The monoisotopic (exact) mass is 299 g/mol. The molecule has 1 N–H and O–H groups in total. The lowest BCUT2D eigenvalue weighted by atomic mass is 9.81. The van der Waals surface area contributed by atoms with Crippen molar-refractivity contribution in [2.45, 2.75) is 25.2 Å². The van der Waals surface area contributed by atoms with Crippen molar-refractivity contribution in [2.75, 3.05) is 20.8 Å². The Kier molecular flexibility index (Phi) is 4.65. The van der Waals surface area contributed by atoms with Gasteiger partial charge in [-0.2, -0.15) is 0 Å². The molecule has 1 aromatic rings. The highest BCUT2D eigenvalue weighted by Crippen LogP contribution is 2.41. The van der Waals surface area contributed by atoms with Crippen LogP contribution in [0.5, 0.6) is 11.5 Å². The van der Waals surface area contributed by atoms with E-state index in [-0.39, 0.29) is 37.6 Å². The van der Waals surface area contributed by atoms with Crippen LogP contribution in [0.4, 0.5) is 8.78 Å². The quantitative estimate of drug-likeness (QED) is 0.877. The number of methoxy groups -OCH3 is 2. The van der Waals surface area contributed by atoms with E-state index >= 15 is 0 Å². The minimum atomic E-state index is -2.55. The number of nitrogens with one attached hydrogen (secondary N) is 1. The average molecular weight is 299 g/mol. The first kappa shape index (κ1) is 15.5. The van der Waals surface area contributed by atoms with Crippen molar-refractivity contribution in [3.05, 3.63) is 23.8 Å². The van der Waals surface area contributed by atoms with Gasteiger partial charge in [-0.05, 0) is 18.1 Å². The van der Waals surface area contributed by atoms with Gasteiger partial charge >= 0.3 is 0 Å². The summed E-state index contributed by atoms with van der Waals surface area (Å²) in [5, 5.41) is 2.69. The molecule has 1 aliphatic carbocycles. The third-order valence-electron chi connectivity index (χ3n) is 3.63. The summed E-state index contributed by atoms with van der Waals surface area (Å²) in [5.41, 5.74) is 0.652. The first-order chi connectivity index (χ1) is 9.95. The molecule has 116 valence electrons. The number of hydrogen-bond donors (Lipinski definition) is 1. The second-order valence-corrected chi connectivity index (χ2v) is 5.25. The summed E-state index contributed by atoms with van der Waals surface area (Å²) in [6, 6.07) is 5.27. The maximum Gasteiger partial charge on any atom is 0.248 e. The molecule has 0 saturated heterocycles. The molecule has 0 radical (unpaired) electrons. The van der Waals surface area contributed by atoms with Crippen LogP contribution in [-0.4, -0.2) is 32.6 Å². The molecule has 1 amide bonds. The van der Waals surface area contributed by atoms with Crippen LogP contribution in [0.15, 0.2) is 18.2 Å². The smallest absolute Gasteiger partial charge is 0.248 e. The fourth-order valence-electron chi connectivity index (χ4n) is 2.51. The van der Waals surface area contributed by atoms with Gasteiger partial charge in [0.25, 0.3) is 0 Å². The Balaban J connectivity index is 1.91. The summed E-state index contributed by atoms with van der Waals surface area (Å²) in [6.07, 6.45) is -0.202. The van der Waals surface area contributed by atoms with Crippen molar-refractivity contribution in [3.63, 3.8) is 0 Å². The van der Waals surface area contributed by atoms with E-state index in [0.29, 0.717) is 17.1 Å². The lowest BCUT2D eigenvalue weighted by Crippen LogP contribution is -2.42. The molecule has 1 aromatic carbocycles. The summed E-state index contributed by atoms with van der Waals surface area (Å²) in [6.45, 7) is 0.284. The zero-order valence-electron chi connectivity index (χ0n) is 12.1. The third kappa shape index (κ3) is 3.83. The van der Waals surface area contributed by atoms with Crippen LogP contribution in [-0.2, 0) is 11.2 Å². The summed E-state index contributed by atoms with van der Waals surface area (Å²) < 4.78 is 35.9. The molecule has 1 aliphatic rings. The largest absolute Gasteiger partial charge is 0.496 e. The summed E-state index contributed by atoms with van der Waals surface area (Å²) in [4.78, 5) is 11.9. The maximum atomic E-state index is 12.7. The van der Waals surface area contributed by atoms with Crippen molar-refractivity contribution in [2.24, 2.45) is 5.92 Å². The average Bonchev–Trinajstić information content (AvgIpc) is 2.43. The van der Waals surface area contributed by atoms with Gasteiger partial charge < -0.3 is 14.8 Å². The standard InChI is InChI=1S/C15H19F2NO3/c1-20-12-4-3-5-13(21-2)11(12)6-14(19)18-9-10-7-15(16,17)8-10/h3-5,10H,6-9H2,1-2H3,(H,18,19). The van der Waals surface area contributed by atoms with Crippen LogP contribution >= 0.6 is 0 Å². The molecular weight excluding hydrogens is 280 g/mol. The zero-order valence-corrected chi connectivity index (χ0v) is 12.1. The number of carbonyl (C=O) groups is 1. The summed E-state index contributed by atoms with van der Waals surface area (Å²) in [7, 11) is 3.04. The van der Waals surface area contributed by atoms with Crippen LogP contribution in [0.2, 0.25) is 0 Å². The lowest BCUT2D eigenvalue weighted by molar-refractivity contribution is -0.125. The Labute approximate surface area is 122 Å². The van der Waals surface area contributed by atoms with E-state index in [4.69, 9.17) is 9.47 Å². The van der Waals surface area contributed by atoms with Crippen LogP contribution in [0.1, 0.15) is 18.4 Å². The van der Waals surface area contributed by atoms with E-state index in [1.54, 1.807) is 18.2 Å². The Bertz CT molecular complexity index is 489. The van der Waals surface area contributed by atoms with E-state index in [9.17, 15) is 13.6 Å². The first-order valence-corrected chi connectivity index (χ1v) is 6.79. The van der Waals surface area contributed by atoms with Gasteiger partial charge in [0.1, 0.15) is 11.5 Å². The van der Waals surface area contributed by atoms with E-state index in [2.05, 4.69) is 5.32 Å². The Hall–Kier alpha value is -1.85. The summed E-state index contributed by atoms with van der Waals surface area (Å²) in [5.74, 6) is -1.78. The van der Waals surface area contributed by atoms with Gasteiger partial charge in [0.2, 0.25) is 11.8 Å². The molecule has 4 nitrogen and oxygen atoms in total. The molecule has 0 unspecified atom stereocenters. The lowest BCUT2D eigenvalue weighted by Gasteiger charge is -2.34. The van der Waals surface area contributed by atoms with E-state index in [1.165, 1.54) is 14.2 Å². The van der Waals surface area contributed by atoms with Gasteiger partial charge in [-0.3, -0.25) is 4.79 Å². The molecule has 0 spiro atoms. The second kappa shape index (κ2) is 6.28. The highest BCUT2D eigenvalue weighted by molar-refractivity contribution is 5.80. The van der Waals surface area contributed by atoms with E-state index in [1.807, 2.05) is 0 Å². The highest BCUT2D eigenvalue weighted by Gasteiger charge is 2.44. The van der Waals surface area contributed by atoms with Crippen LogP contribution in [0, 0.1) is 5.92 Å². The predicted molar refractivity (Wildman–Crippen MR) is 73.9 cm³/mol. The number of rotatable bonds is 6. The molecule has 1 saturated carbocycles. The van der Waals surface area contributed by atoms with Gasteiger partial charge in [-0.25, -0.2) is 8.78 Å². The molecule has 0 aromatic heterocycles. The Morgan fingerprint density at radius 2 is 1.86 bits per heavy atom. The van der Waals surface area contributed by atoms with Crippen molar-refractivity contribution < 1.29 is 23.0 Å². The molecule has 6 heteroatoms.